The number of para-hydroxylation sites is 1. The summed E-state index contributed by atoms with van der Waals surface area (Å²) in [5.41, 5.74) is 6.49. The first-order valence-electron chi connectivity index (χ1n) is 6.82. The summed E-state index contributed by atoms with van der Waals surface area (Å²) in [5.74, 6) is 0.771. The molecule has 1 aromatic carbocycles. The van der Waals surface area contributed by atoms with Crippen molar-refractivity contribution in [3.63, 3.8) is 0 Å². The highest BCUT2D eigenvalue weighted by Gasteiger charge is 2.10. The summed E-state index contributed by atoms with van der Waals surface area (Å²) in [6, 6.07) is 8.27. The number of nitrogens with two attached hydrogens (primary N) is 1. The Bertz CT molecular complexity index is 405. The molecular weight excluding hydrogens is 256 g/mol. The van der Waals surface area contributed by atoms with Gasteiger partial charge in [-0.15, -0.1) is 0 Å². The highest BCUT2D eigenvalue weighted by molar-refractivity contribution is 7.80. The first-order valence-corrected chi connectivity index (χ1v) is 7.22. The lowest BCUT2D eigenvalue weighted by atomic mass is 10.1. The van der Waals surface area contributed by atoms with Crippen LogP contribution in [0.4, 0.5) is 0 Å². The van der Waals surface area contributed by atoms with Crippen molar-refractivity contribution in [2.24, 2.45) is 5.73 Å². The second-order valence-electron chi connectivity index (χ2n) is 4.66. The molecule has 1 aromatic rings. The van der Waals surface area contributed by atoms with Gasteiger partial charge in [-0.25, -0.2) is 0 Å². The summed E-state index contributed by atoms with van der Waals surface area (Å²) >= 11 is 5.02. The summed E-state index contributed by atoms with van der Waals surface area (Å²) in [6.45, 7) is 5.98. The number of likely N-dealkylation sites (N-methyl/N-ethyl adjacent to an activating group) is 1. The summed E-state index contributed by atoms with van der Waals surface area (Å²) in [5, 5.41) is 0. The van der Waals surface area contributed by atoms with Crippen LogP contribution in [0.25, 0.3) is 0 Å². The molecule has 0 aliphatic heterocycles. The lowest BCUT2D eigenvalue weighted by molar-refractivity contribution is 0.183. The molecule has 2 N–H and O–H groups in total. The Morgan fingerprint density at radius 3 is 2.53 bits per heavy atom. The fraction of sp³-hybridized carbons (Fsp3) is 0.533. The van der Waals surface area contributed by atoms with Crippen LogP contribution in [0.5, 0.6) is 5.75 Å². The molecule has 0 aliphatic carbocycles. The topological polar surface area (TPSA) is 38.5 Å². The molecule has 19 heavy (non-hydrogen) atoms. The Morgan fingerprint density at radius 2 is 1.95 bits per heavy atom. The van der Waals surface area contributed by atoms with Gasteiger partial charge in [-0.05, 0) is 32.0 Å². The van der Waals surface area contributed by atoms with Crippen molar-refractivity contribution in [3.8, 4) is 5.75 Å². The molecule has 106 valence electrons. The molecule has 0 heterocycles. The maximum absolute atomic E-state index is 5.80. The van der Waals surface area contributed by atoms with E-state index in [0.29, 0.717) is 17.6 Å². The van der Waals surface area contributed by atoms with Crippen molar-refractivity contribution >= 4 is 17.2 Å². The molecular formula is C15H24N2OS. The van der Waals surface area contributed by atoms with Gasteiger partial charge in [0.05, 0.1) is 5.56 Å². The summed E-state index contributed by atoms with van der Waals surface area (Å²) in [4.78, 5) is 2.72. The predicted octanol–water partition coefficient (Wildman–Crippen LogP) is 2.82. The monoisotopic (exact) mass is 280 g/mol. The minimum Gasteiger partial charge on any atom is -0.492 e. The van der Waals surface area contributed by atoms with E-state index in [1.54, 1.807) is 0 Å². The van der Waals surface area contributed by atoms with Crippen molar-refractivity contribution in [1.82, 2.24) is 4.90 Å². The van der Waals surface area contributed by atoms with E-state index in [4.69, 9.17) is 22.7 Å². The molecule has 0 saturated heterocycles. The fourth-order valence-electron chi connectivity index (χ4n) is 2.19. The van der Waals surface area contributed by atoms with Crippen LogP contribution in [0.2, 0.25) is 0 Å². The molecule has 4 heteroatoms. The molecule has 0 radical (unpaired) electrons. The minimum atomic E-state index is 0.379. The highest BCUT2D eigenvalue weighted by atomic mass is 32.1. The molecule has 0 saturated carbocycles. The number of hydrogen-bond acceptors (Lipinski definition) is 3. The van der Waals surface area contributed by atoms with E-state index in [9.17, 15) is 0 Å². The van der Waals surface area contributed by atoms with E-state index < -0.39 is 0 Å². The molecule has 0 atom stereocenters. The van der Waals surface area contributed by atoms with Gasteiger partial charge in [0, 0.05) is 12.6 Å². The van der Waals surface area contributed by atoms with Crippen LogP contribution in [-0.4, -0.2) is 36.1 Å². The number of thiocarbonyl (C=S) groups is 1. The molecule has 0 bridgehead atoms. The Hall–Kier alpha value is -1.13. The predicted molar refractivity (Wildman–Crippen MR) is 84.8 cm³/mol. The van der Waals surface area contributed by atoms with Crippen molar-refractivity contribution in [1.29, 1.82) is 0 Å². The van der Waals surface area contributed by atoms with Gasteiger partial charge in [-0.3, -0.25) is 0 Å². The third-order valence-electron chi connectivity index (χ3n) is 3.42. The first kappa shape index (κ1) is 15.9. The Kier molecular flexibility index (Phi) is 6.81. The summed E-state index contributed by atoms with van der Waals surface area (Å²) in [6.07, 6.45) is 2.33. The zero-order chi connectivity index (χ0) is 14.3. The van der Waals surface area contributed by atoms with Gasteiger partial charge in [0.15, 0.2) is 0 Å². The average molecular weight is 280 g/mol. The zero-order valence-electron chi connectivity index (χ0n) is 12.1. The Labute approximate surface area is 121 Å². The van der Waals surface area contributed by atoms with Gasteiger partial charge < -0.3 is 15.4 Å². The third-order valence-corrected chi connectivity index (χ3v) is 3.64. The number of benzene rings is 1. The van der Waals surface area contributed by atoms with Gasteiger partial charge >= 0.3 is 0 Å². The van der Waals surface area contributed by atoms with Crippen molar-refractivity contribution < 1.29 is 4.74 Å². The van der Waals surface area contributed by atoms with Crippen molar-refractivity contribution in [2.75, 3.05) is 20.2 Å². The van der Waals surface area contributed by atoms with Crippen LogP contribution in [0.1, 0.15) is 32.3 Å². The molecule has 0 fully saturated rings. The van der Waals surface area contributed by atoms with Crippen LogP contribution in [0, 0.1) is 0 Å². The molecule has 0 aliphatic rings. The van der Waals surface area contributed by atoms with Gasteiger partial charge in [0.2, 0.25) is 0 Å². The third kappa shape index (κ3) is 4.80. The lowest BCUT2D eigenvalue weighted by Crippen LogP contribution is -2.34. The normalized spacial score (nSPS) is 11.0. The molecule has 0 amide bonds. The molecule has 1 rings (SSSR count). The average Bonchev–Trinajstić information content (AvgIpc) is 2.40. The van der Waals surface area contributed by atoms with Gasteiger partial charge in [0.1, 0.15) is 17.3 Å². The van der Waals surface area contributed by atoms with Crippen molar-refractivity contribution in [3.05, 3.63) is 29.8 Å². The van der Waals surface area contributed by atoms with E-state index in [1.165, 1.54) is 0 Å². The zero-order valence-corrected chi connectivity index (χ0v) is 12.9. The number of hydrogen-bond donors (Lipinski definition) is 1. The van der Waals surface area contributed by atoms with E-state index >= 15 is 0 Å². The second-order valence-corrected chi connectivity index (χ2v) is 5.10. The largest absolute Gasteiger partial charge is 0.492 e. The van der Waals surface area contributed by atoms with Crippen LogP contribution in [-0.2, 0) is 0 Å². The van der Waals surface area contributed by atoms with Crippen molar-refractivity contribution in [2.45, 2.75) is 32.7 Å². The summed E-state index contributed by atoms with van der Waals surface area (Å²) in [7, 11) is 2.14. The van der Waals surface area contributed by atoms with E-state index in [2.05, 4.69) is 25.8 Å². The van der Waals surface area contributed by atoms with Gasteiger partial charge in [0.25, 0.3) is 0 Å². The standard InChI is InChI=1S/C15H24N2OS/c1-4-12(5-2)17(3)10-11-18-14-9-7-6-8-13(14)15(16)19/h6-9,12H,4-5,10-11H2,1-3H3,(H2,16,19). The van der Waals surface area contributed by atoms with Gasteiger partial charge in [-0.2, -0.15) is 0 Å². The van der Waals surface area contributed by atoms with Gasteiger partial charge in [-0.1, -0.05) is 38.2 Å². The molecule has 3 nitrogen and oxygen atoms in total. The SMILES string of the molecule is CCC(CC)N(C)CCOc1ccccc1C(N)=S. The smallest absolute Gasteiger partial charge is 0.129 e. The number of ether oxygens (including phenoxy) is 1. The van der Waals surface area contributed by atoms with E-state index in [0.717, 1.165) is 30.7 Å². The lowest BCUT2D eigenvalue weighted by Gasteiger charge is -2.26. The number of rotatable bonds is 8. The fourth-order valence-corrected chi connectivity index (χ4v) is 2.36. The molecule has 0 aromatic heterocycles. The minimum absolute atomic E-state index is 0.379. The molecule has 0 spiro atoms. The number of nitrogens with zero attached hydrogens (tertiary/aromatic N) is 1. The van der Waals surface area contributed by atoms with Crippen LogP contribution < -0.4 is 10.5 Å². The summed E-state index contributed by atoms with van der Waals surface area (Å²) < 4.78 is 5.80. The van der Waals surface area contributed by atoms with Crippen LogP contribution in [0.3, 0.4) is 0 Å². The highest BCUT2D eigenvalue weighted by Crippen LogP contribution is 2.17. The van der Waals surface area contributed by atoms with Crippen LogP contribution >= 0.6 is 12.2 Å². The first-order chi connectivity index (χ1) is 9.10. The van der Waals surface area contributed by atoms with Crippen LogP contribution in [0.15, 0.2) is 24.3 Å². The van der Waals surface area contributed by atoms with E-state index in [1.807, 2.05) is 24.3 Å². The molecule has 0 unspecified atom stereocenters. The Morgan fingerprint density at radius 1 is 1.32 bits per heavy atom. The second kappa shape index (κ2) is 8.12. The maximum Gasteiger partial charge on any atom is 0.129 e. The Balaban J connectivity index is 2.52. The quantitative estimate of drug-likeness (QED) is 0.743. The van der Waals surface area contributed by atoms with E-state index in [-0.39, 0.29) is 0 Å². The maximum atomic E-state index is 5.80.